The number of phenolic OH excluding ortho intramolecular Hbond substituents is 1. The van der Waals surface area contributed by atoms with Crippen molar-refractivity contribution in [3.63, 3.8) is 0 Å². The molecule has 64 heavy (non-hydrogen) atoms. The van der Waals surface area contributed by atoms with Gasteiger partial charge in [-0.2, -0.15) is 0 Å². The fourth-order valence-corrected chi connectivity index (χ4v) is 7.40. The maximum Gasteiger partial charge on any atom is 0.248 e. The summed E-state index contributed by atoms with van der Waals surface area (Å²) in [6, 6.07) is -5.88. The summed E-state index contributed by atoms with van der Waals surface area (Å²) in [4.78, 5) is 92.4. The number of nitrogens with two attached hydrogens (primary N) is 3. The summed E-state index contributed by atoms with van der Waals surface area (Å²) < 4.78 is 26.3. The molecule has 18 N–H and O–H groups in total. The molecule has 360 valence electrons. The van der Waals surface area contributed by atoms with Crippen LogP contribution in [0.3, 0.4) is 0 Å². The third-order valence-corrected chi connectivity index (χ3v) is 11.1. The molecule has 16 atom stereocenters. The van der Waals surface area contributed by atoms with Gasteiger partial charge in [-0.05, 0) is 24.6 Å². The van der Waals surface area contributed by atoms with E-state index in [-0.39, 0.29) is 18.5 Å². The number of aliphatic hydroxyl groups is 8. The summed E-state index contributed by atoms with van der Waals surface area (Å²) in [5.74, 6) is -11.9. The highest BCUT2D eigenvalue weighted by atomic mass is 32.2. The van der Waals surface area contributed by atoms with Gasteiger partial charge in [0.05, 0.1) is 48.9 Å². The molecule has 2 heterocycles. The van der Waals surface area contributed by atoms with Crippen LogP contribution >= 0.6 is 0 Å². The zero-order valence-corrected chi connectivity index (χ0v) is 35.4. The third kappa shape index (κ3) is 13.2. The first-order valence-electron chi connectivity index (χ1n) is 19.6. The number of hydrogen-bond acceptors (Lipinski definition) is 20. The second-order valence-electron chi connectivity index (χ2n) is 15.8. The molecule has 0 aliphatic carbocycles. The Bertz CT molecular complexity index is 1910. The number of hydrogen-bond donors (Lipinski definition) is 15. The number of nitrogens with one attached hydrogen (secondary N) is 3. The van der Waals surface area contributed by atoms with E-state index in [0.717, 1.165) is 36.9 Å². The first-order chi connectivity index (χ1) is 29.7. The molecular formula is C36H55N8O19S-. The van der Waals surface area contributed by atoms with Crippen molar-refractivity contribution >= 4 is 52.7 Å². The van der Waals surface area contributed by atoms with E-state index in [1.54, 1.807) is 0 Å². The fourth-order valence-electron chi connectivity index (χ4n) is 7.12. The van der Waals surface area contributed by atoms with Crippen molar-refractivity contribution in [2.24, 2.45) is 29.0 Å². The molecule has 28 heteroatoms. The van der Waals surface area contributed by atoms with Crippen molar-refractivity contribution in [1.82, 2.24) is 25.8 Å². The standard InChI is InChI=1S/C36H56N8O19S/c1-12-10-44(36(60)25(20(48)9-23(38)50)41-31(55)13(2)28(52)29(53)15-4-5-19(47)22(6-15)63-64(61)62)26(27(12)51)34(58)42-33(57)21(49)8-17(37)32(56)40-24(14(3)45)35(59)43-11-16(46)7-18(43)30(39)54/h4-6,12-14,16-18,20-21,24-29,33,45-49,51-53,57H,7-11,37H2,1-3H3,(H2,38,50)(H2,39,54)(H,40,56)(H,41,55)(H,42,58)(H,61,62)/p-1. The van der Waals surface area contributed by atoms with E-state index >= 15 is 0 Å². The third-order valence-electron chi connectivity index (χ3n) is 10.8. The molecule has 2 aliphatic heterocycles. The summed E-state index contributed by atoms with van der Waals surface area (Å²) >= 11 is -3.15. The molecule has 2 fully saturated rings. The fraction of sp³-hybridized carbons (Fsp3) is 0.639. The lowest BCUT2D eigenvalue weighted by atomic mass is 9.93. The molecule has 0 spiro atoms. The summed E-state index contributed by atoms with van der Waals surface area (Å²) in [5.41, 5.74) is 16.2. The molecule has 16 unspecified atom stereocenters. The number of primary amides is 2. The lowest BCUT2D eigenvalue weighted by molar-refractivity contribution is -0.149. The lowest BCUT2D eigenvalue weighted by Gasteiger charge is -2.33. The smallest absolute Gasteiger partial charge is 0.248 e. The molecule has 2 saturated heterocycles. The second-order valence-corrected chi connectivity index (χ2v) is 16.3. The molecule has 1 aromatic carbocycles. The predicted molar refractivity (Wildman–Crippen MR) is 212 cm³/mol. The Hall–Kier alpha value is -5.14. The van der Waals surface area contributed by atoms with Crippen molar-refractivity contribution in [2.75, 3.05) is 13.1 Å². The molecule has 2 aliphatic rings. The number of phenols is 1. The molecule has 27 nitrogen and oxygen atoms in total. The van der Waals surface area contributed by atoms with Gasteiger partial charge >= 0.3 is 0 Å². The van der Waals surface area contributed by atoms with E-state index in [0.29, 0.717) is 4.90 Å². The SMILES string of the molecule is CC(O)C(NC(=O)C(N)CC(O)C(O)NC(=O)C1C(O)C(C)CN1C(=O)C(NC(=O)C(C)C(O)C(O)c1ccc(O)c(OS(=O)[O-])c1)C(O)CC(N)=O)C(=O)N1CC(O)CC1C(N)=O. The van der Waals surface area contributed by atoms with Crippen molar-refractivity contribution in [1.29, 1.82) is 0 Å². The van der Waals surface area contributed by atoms with Crippen molar-refractivity contribution in [3.8, 4) is 11.5 Å². The molecule has 0 radical (unpaired) electrons. The van der Waals surface area contributed by atoms with Crippen LogP contribution in [-0.4, -0.2) is 192 Å². The molecule has 1 aromatic rings. The van der Waals surface area contributed by atoms with E-state index in [4.69, 9.17) is 17.2 Å². The van der Waals surface area contributed by atoms with Crippen LogP contribution in [-0.2, 0) is 44.9 Å². The molecule has 0 bridgehead atoms. The average Bonchev–Trinajstić information content (AvgIpc) is 3.75. The minimum atomic E-state index is -3.15. The Morgan fingerprint density at radius 3 is 2.05 bits per heavy atom. The van der Waals surface area contributed by atoms with Crippen LogP contribution in [0.2, 0.25) is 0 Å². The molecular weight excluding hydrogens is 880 g/mol. The van der Waals surface area contributed by atoms with Crippen LogP contribution in [0.1, 0.15) is 51.7 Å². The van der Waals surface area contributed by atoms with Crippen LogP contribution < -0.4 is 37.3 Å². The first kappa shape index (κ1) is 53.2. The number of carbonyl (C=O) groups is 7. The maximum atomic E-state index is 14.0. The van der Waals surface area contributed by atoms with E-state index in [1.165, 1.54) is 6.92 Å². The zero-order valence-electron chi connectivity index (χ0n) is 34.6. The number of benzene rings is 1. The minimum absolute atomic E-state index is 0.189. The monoisotopic (exact) mass is 935 g/mol. The molecule has 0 aromatic heterocycles. The van der Waals surface area contributed by atoms with Crippen molar-refractivity contribution in [3.05, 3.63) is 23.8 Å². The van der Waals surface area contributed by atoms with E-state index < -0.39 is 175 Å². The van der Waals surface area contributed by atoms with E-state index in [9.17, 15) is 88.3 Å². The van der Waals surface area contributed by atoms with Gasteiger partial charge in [-0.1, -0.05) is 19.9 Å². The number of rotatable bonds is 21. The summed E-state index contributed by atoms with van der Waals surface area (Å²) in [6.07, 6.45) is -16.7. The van der Waals surface area contributed by atoms with Gasteiger partial charge in [0.25, 0.3) is 0 Å². The van der Waals surface area contributed by atoms with Crippen molar-refractivity contribution in [2.45, 2.75) is 119 Å². The van der Waals surface area contributed by atoms with Gasteiger partial charge in [0.15, 0.2) is 17.7 Å². The number of amides is 7. The van der Waals surface area contributed by atoms with E-state index in [1.807, 2.05) is 5.32 Å². The maximum absolute atomic E-state index is 14.0. The highest BCUT2D eigenvalue weighted by Crippen LogP contribution is 2.32. The summed E-state index contributed by atoms with van der Waals surface area (Å²) in [7, 11) is 0. The molecule has 0 saturated carbocycles. The molecule has 3 rings (SSSR count). The van der Waals surface area contributed by atoms with E-state index in [2.05, 4.69) is 14.8 Å². The van der Waals surface area contributed by atoms with Crippen LogP contribution in [0.4, 0.5) is 0 Å². The van der Waals surface area contributed by atoms with Gasteiger partial charge in [0.1, 0.15) is 47.7 Å². The number of nitrogens with zero attached hydrogens (tertiary/aromatic N) is 2. The predicted octanol–water partition coefficient (Wildman–Crippen LogP) is -8.65. The highest BCUT2D eigenvalue weighted by molar-refractivity contribution is 7.74. The van der Waals surface area contributed by atoms with Crippen molar-refractivity contribution < 1.29 is 92.5 Å². The van der Waals surface area contributed by atoms with Crippen LogP contribution in [0, 0.1) is 11.8 Å². The Balaban J connectivity index is 1.74. The van der Waals surface area contributed by atoms with Crippen LogP contribution in [0.25, 0.3) is 0 Å². The average molecular weight is 936 g/mol. The summed E-state index contributed by atoms with van der Waals surface area (Å²) in [5, 5.41) is 101. The van der Waals surface area contributed by atoms with Crippen LogP contribution in [0.15, 0.2) is 18.2 Å². The Labute approximate surface area is 367 Å². The zero-order chi connectivity index (χ0) is 48.7. The van der Waals surface area contributed by atoms with Gasteiger partial charge in [-0.3, -0.25) is 33.6 Å². The topological polar surface area (TPSA) is 472 Å². The van der Waals surface area contributed by atoms with Gasteiger partial charge in [-0.15, -0.1) is 0 Å². The van der Waals surface area contributed by atoms with Gasteiger partial charge < -0.3 is 97.6 Å². The quantitative estimate of drug-likeness (QED) is 0.0402. The Kier molecular flexibility index (Phi) is 18.8. The highest BCUT2D eigenvalue weighted by Gasteiger charge is 2.49. The number of aliphatic hydroxyl groups excluding tert-OH is 8. The van der Waals surface area contributed by atoms with Gasteiger partial charge in [0.2, 0.25) is 41.4 Å². The van der Waals surface area contributed by atoms with Gasteiger partial charge in [0, 0.05) is 31.8 Å². The lowest BCUT2D eigenvalue weighted by Crippen LogP contribution is -2.61. The van der Waals surface area contributed by atoms with Crippen LogP contribution in [0.5, 0.6) is 11.5 Å². The number of likely N-dealkylation sites (tertiary alicyclic amines) is 2. The van der Waals surface area contributed by atoms with Gasteiger partial charge in [-0.25, -0.2) is 4.21 Å². The minimum Gasteiger partial charge on any atom is -0.740 e. The first-order valence-corrected chi connectivity index (χ1v) is 20.6. The Morgan fingerprint density at radius 1 is 0.891 bits per heavy atom. The normalized spacial score (nSPS) is 25.0. The number of carbonyl (C=O) groups excluding carboxylic acids is 7. The number of aromatic hydroxyl groups is 1. The second kappa shape index (κ2) is 22.7. The summed E-state index contributed by atoms with van der Waals surface area (Å²) in [6.45, 7) is 2.83. The number of β-amino-alcohol motifs (C(OH)–C–C–N with tert-alkyl or cyclic N) is 1. The Morgan fingerprint density at radius 2 is 1.48 bits per heavy atom. The molecule has 7 amide bonds. The largest absolute Gasteiger partial charge is 0.740 e.